The molecular weight excluding hydrogens is 387 g/mol. The summed E-state index contributed by atoms with van der Waals surface area (Å²) in [6, 6.07) is 11.2. The summed E-state index contributed by atoms with van der Waals surface area (Å²) in [7, 11) is 3.10. The van der Waals surface area contributed by atoms with E-state index in [1.54, 1.807) is 13.2 Å². The van der Waals surface area contributed by atoms with E-state index in [1.165, 1.54) is 25.1 Å². The maximum Gasteiger partial charge on any atom is 0.167 e. The highest BCUT2D eigenvalue weighted by Crippen LogP contribution is 2.29. The summed E-state index contributed by atoms with van der Waals surface area (Å²) in [5, 5.41) is 4.15. The molecule has 4 rings (SSSR count). The third kappa shape index (κ3) is 4.29. The molecule has 0 radical (unpaired) electrons. The number of nitrogens with zero attached hydrogens (tertiary/aromatic N) is 3. The second-order valence-corrected chi connectivity index (χ2v) is 7.04. The summed E-state index contributed by atoms with van der Waals surface area (Å²) >= 11 is 0. The lowest BCUT2D eigenvalue weighted by atomic mass is 10.0. The molecule has 0 aliphatic carbocycles. The standard InChI is InChI=1S/C22H25FN4O3/c1-28-16-5-3-15(4-6-16)20(27-7-9-30-10-8-27)13-24-22-17-11-21(29-2)18(23)12-19(17)25-14-26-22/h3-6,11-12,14,20H,7-10,13H2,1-2H3,(H,24,25,26). The summed E-state index contributed by atoms with van der Waals surface area (Å²) in [5.41, 5.74) is 1.70. The topological polar surface area (TPSA) is 68.7 Å². The lowest BCUT2D eigenvalue weighted by Gasteiger charge is -2.35. The van der Waals surface area contributed by atoms with Gasteiger partial charge in [0.25, 0.3) is 0 Å². The van der Waals surface area contributed by atoms with Crippen molar-refractivity contribution in [3.8, 4) is 11.5 Å². The Labute approximate surface area is 174 Å². The van der Waals surface area contributed by atoms with E-state index >= 15 is 0 Å². The second kappa shape index (κ2) is 9.23. The molecule has 2 aromatic carbocycles. The van der Waals surface area contributed by atoms with Gasteiger partial charge in [-0.2, -0.15) is 0 Å². The highest BCUT2D eigenvalue weighted by molar-refractivity contribution is 5.90. The molecule has 158 valence electrons. The van der Waals surface area contributed by atoms with Crippen molar-refractivity contribution in [2.24, 2.45) is 0 Å². The van der Waals surface area contributed by atoms with E-state index in [1.807, 2.05) is 12.1 Å². The molecule has 1 aromatic heterocycles. The zero-order valence-electron chi connectivity index (χ0n) is 17.1. The van der Waals surface area contributed by atoms with Crippen LogP contribution in [0.4, 0.5) is 10.2 Å². The minimum absolute atomic E-state index is 0.118. The number of nitrogens with one attached hydrogen (secondary N) is 1. The molecule has 1 atom stereocenters. The Bertz CT molecular complexity index is 994. The van der Waals surface area contributed by atoms with Crippen molar-refractivity contribution in [2.75, 3.05) is 52.4 Å². The Hall–Kier alpha value is -2.97. The van der Waals surface area contributed by atoms with E-state index in [-0.39, 0.29) is 11.8 Å². The largest absolute Gasteiger partial charge is 0.497 e. The van der Waals surface area contributed by atoms with Crippen molar-refractivity contribution in [1.29, 1.82) is 0 Å². The molecule has 1 fully saturated rings. The lowest BCUT2D eigenvalue weighted by Crippen LogP contribution is -2.41. The molecule has 0 saturated carbocycles. The Morgan fingerprint density at radius 1 is 1.10 bits per heavy atom. The van der Waals surface area contributed by atoms with Crippen LogP contribution < -0.4 is 14.8 Å². The van der Waals surface area contributed by atoms with Gasteiger partial charge in [0.05, 0.1) is 39.0 Å². The van der Waals surface area contributed by atoms with Crippen LogP contribution in [0.2, 0.25) is 0 Å². The molecule has 1 saturated heterocycles. The van der Waals surface area contributed by atoms with E-state index in [0.717, 1.165) is 18.8 Å². The predicted octanol–water partition coefficient (Wildman–Crippen LogP) is 3.27. The number of hydrogen-bond donors (Lipinski definition) is 1. The minimum Gasteiger partial charge on any atom is -0.497 e. The van der Waals surface area contributed by atoms with Gasteiger partial charge in [-0.3, -0.25) is 4.90 Å². The van der Waals surface area contributed by atoms with Gasteiger partial charge < -0.3 is 19.5 Å². The van der Waals surface area contributed by atoms with E-state index in [0.29, 0.717) is 36.5 Å². The van der Waals surface area contributed by atoms with Gasteiger partial charge in [-0.25, -0.2) is 14.4 Å². The molecule has 0 bridgehead atoms. The molecule has 1 aliphatic heterocycles. The van der Waals surface area contributed by atoms with Crippen LogP contribution in [0.15, 0.2) is 42.7 Å². The van der Waals surface area contributed by atoms with Crippen LogP contribution in [-0.2, 0) is 4.74 Å². The number of halogens is 1. The van der Waals surface area contributed by atoms with Gasteiger partial charge in [-0.15, -0.1) is 0 Å². The molecule has 8 heteroatoms. The highest BCUT2D eigenvalue weighted by atomic mass is 19.1. The van der Waals surface area contributed by atoms with Gasteiger partial charge in [0.15, 0.2) is 11.6 Å². The van der Waals surface area contributed by atoms with Crippen LogP contribution in [0, 0.1) is 5.82 Å². The second-order valence-electron chi connectivity index (χ2n) is 7.04. The van der Waals surface area contributed by atoms with Crippen LogP contribution in [0.3, 0.4) is 0 Å². The smallest absolute Gasteiger partial charge is 0.167 e. The van der Waals surface area contributed by atoms with Crippen molar-refractivity contribution in [3.05, 3.63) is 54.1 Å². The summed E-state index contributed by atoms with van der Waals surface area (Å²) in [6.07, 6.45) is 1.44. The zero-order valence-corrected chi connectivity index (χ0v) is 17.1. The molecule has 1 N–H and O–H groups in total. The number of hydrogen-bond acceptors (Lipinski definition) is 7. The van der Waals surface area contributed by atoms with Crippen LogP contribution >= 0.6 is 0 Å². The number of ether oxygens (including phenoxy) is 3. The average Bonchev–Trinajstić information content (AvgIpc) is 2.80. The first-order chi connectivity index (χ1) is 14.7. The SMILES string of the molecule is COc1ccc(C(CNc2ncnc3cc(F)c(OC)cc23)N2CCOCC2)cc1. The number of benzene rings is 2. The third-order valence-electron chi connectivity index (χ3n) is 5.36. The lowest BCUT2D eigenvalue weighted by molar-refractivity contribution is 0.0187. The van der Waals surface area contributed by atoms with Crippen molar-refractivity contribution < 1.29 is 18.6 Å². The minimum atomic E-state index is -0.445. The van der Waals surface area contributed by atoms with E-state index in [2.05, 4.69) is 32.3 Å². The monoisotopic (exact) mass is 412 g/mol. The average molecular weight is 412 g/mol. The van der Waals surface area contributed by atoms with Crippen molar-refractivity contribution in [3.63, 3.8) is 0 Å². The number of aromatic nitrogens is 2. The van der Waals surface area contributed by atoms with Gasteiger partial charge in [0.2, 0.25) is 0 Å². The molecule has 1 aliphatic rings. The van der Waals surface area contributed by atoms with Crippen LogP contribution in [0.1, 0.15) is 11.6 Å². The van der Waals surface area contributed by atoms with Crippen molar-refractivity contribution in [1.82, 2.24) is 14.9 Å². The maximum atomic E-state index is 14.1. The summed E-state index contributed by atoms with van der Waals surface area (Å²) < 4.78 is 30.0. The molecule has 0 spiro atoms. The third-order valence-corrected chi connectivity index (χ3v) is 5.36. The number of anilines is 1. The molecule has 7 nitrogen and oxygen atoms in total. The molecule has 30 heavy (non-hydrogen) atoms. The van der Waals surface area contributed by atoms with Gasteiger partial charge in [0.1, 0.15) is 17.9 Å². The molecule has 1 unspecified atom stereocenters. The molecular formula is C22H25FN4O3. The Morgan fingerprint density at radius 2 is 1.87 bits per heavy atom. The number of methoxy groups -OCH3 is 2. The van der Waals surface area contributed by atoms with Crippen LogP contribution in [0.25, 0.3) is 10.9 Å². The van der Waals surface area contributed by atoms with Crippen molar-refractivity contribution in [2.45, 2.75) is 6.04 Å². The number of morpholine rings is 1. The van der Waals surface area contributed by atoms with Crippen molar-refractivity contribution >= 4 is 16.7 Å². The summed E-state index contributed by atoms with van der Waals surface area (Å²) in [4.78, 5) is 11.0. The Kier molecular flexibility index (Phi) is 6.25. The van der Waals surface area contributed by atoms with E-state index in [4.69, 9.17) is 14.2 Å². The fourth-order valence-corrected chi connectivity index (χ4v) is 3.72. The normalized spacial score (nSPS) is 15.7. The predicted molar refractivity (Wildman–Crippen MR) is 113 cm³/mol. The zero-order chi connectivity index (χ0) is 20.9. The van der Waals surface area contributed by atoms with E-state index in [9.17, 15) is 4.39 Å². The number of rotatable bonds is 7. The summed E-state index contributed by atoms with van der Waals surface area (Å²) in [5.74, 6) is 1.19. The first-order valence-electron chi connectivity index (χ1n) is 9.87. The van der Waals surface area contributed by atoms with Gasteiger partial charge in [-0.05, 0) is 23.8 Å². The van der Waals surface area contributed by atoms with E-state index < -0.39 is 5.82 Å². The molecule has 0 amide bonds. The summed E-state index contributed by atoms with van der Waals surface area (Å²) in [6.45, 7) is 3.74. The number of fused-ring (bicyclic) bond motifs is 1. The fraction of sp³-hybridized carbons (Fsp3) is 0.364. The first kappa shape index (κ1) is 20.3. The van der Waals surface area contributed by atoms with Gasteiger partial charge >= 0.3 is 0 Å². The fourth-order valence-electron chi connectivity index (χ4n) is 3.72. The molecule has 2 heterocycles. The van der Waals surface area contributed by atoms with Crippen LogP contribution in [0.5, 0.6) is 11.5 Å². The first-order valence-corrected chi connectivity index (χ1v) is 9.87. The highest BCUT2D eigenvalue weighted by Gasteiger charge is 2.23. The molecule has 3 aromatic rings. The van der Waals surface area contributed by atoms with Gasteiger partial charge in [-0.1, -0.05) is 12.1 Å². The van der Waals surface area contributed by atoms with Gasteiger partial charge in [0, 0.05) is 31.1 Å². The van der Waals surface area contributed by atoms with Crippen LogP contribution in [-0.4, -0.2) is 61.9 Å². The Balaban J connectivity index is 1.61. The Morgan fingerprint density at radius 3 is 2.57 bits per heavy atom. The maximum absolute atomic E-state index is 14.1. The quantitative estimate of drug-likeness (QED) is 0.639.